The van der Waals surface area contributed by atoms with Crippen LogP contribution in [0.5, 0.6) is 0 Å². The Bertz CT molecular complexity index is 635. The molecule has 0 aromatic heterocycles. The van der Waals surface area contributed by atoms with Crippen LogP contribution < -0.4 is 10.6 Å². The zero-order chi connectivity index (χ0) is 18.0. The van der Waals surface area contributed by atoms with E-state index in [-0.39, 0.29) is 12.4 Å². The lowest BCUT2D eigenvalue weighted by molar-refractivity contribution is 0.424. The molecule has 8 heteroatoms. The summed E-state index contributed by atoms with van der Waals surface area (Å²) in [4.78, 5) is 4.35. The van der Waals surface area contributed by atoms with Gasteiger partial charge in [-0.1, -0.05) is 25.1 Å². The van der Waals surface area contributed by atoms with Crippen LogP contribution in [0.15, 0.2) is 29.3 Å². The maximum atomic E-state index is 13.6. The third-order valence-corrected chi connectivity index (χ3v) is 4.79. The smallest absolute Gasteiger partial charge is 0.211 e. The van der Waals surface area contributed by atoms with E-state index in [1.165, 1.54) is 16.6 Å². The zero-order valence-corrected chi connectivity index (χ0v) is 15.4. The molecule has 2 N–H and O–H groups in total. The third-order valence-electron chi connectivity index (χ3n) is 3.41. The molecule has 0 spiro atoms. The summed E-state index contributed by atoms with van der Waals surface area (Å²) in [5.41, 5.74) is 0.531. The van der Waals surface area contributed by atoms with E-state index in [4.69, 9.17) is 0 Å². The van der Waals surface area contributed by atoms with Crippen LogP contribution in [-0.2, 0) is 16.6 Å². The average Bonchev–Trinajstić information content (AvgIpc) is 2.52. The van der Waals surface area contributed by atoms with Crippen LogP contribution in [0.4, 0.5) is 4.39 Å². The molecule has 0 aliphatic rings. The molecule has 0 amide bonds. The molecule has 136 valence electrons. The normalized spacial score (nSPS) is 12.5. The number of hydrogen-bond acceptors (Lipinski definition) is 3. The molecule has 6 nitrogen and oxygen atoms in total. The number of aliphatic imine (C=N–C) groups is 1. The predicted molar refractivity (Wildman–Crippen MR) is 95.9 cm³/mol. The Morgan fingerprint density at radius 1 is 1.25 bits per heavy atom. The summed E-state index contributed by atoms with van der Waals surface area (Å²) in [6.07, 6.45) is 1.87. The van der Waals surface area contributed by atoms with Gasteiger partial charge in [-0.05, 0) is 19.4 Å². The summed E-state index contributed by atoms with van der Waals surface area (Å²) in [7, 11) is -3.16. The fourth-order valence-corrected chi connectivity index (χ4v) is 3.08. The minimum atomic E-state index is -3.16. The largest absolute Gasteiger partial charge is 0.357 e. The maximum absolute atomic E-state index is 13.6. The van der Waals surface area contributed by atoms with E-state index >= 15 is 0 Å². The van der Waals surface area contributed by atoms with Crippen molar-refractivity contribution < 1.29 is 12.8 Å². The molecule has 0 heterocycles. The molecule has 0 fully saturated rings. The van der Waals surface area contributed by atoms with Gasteiger partial charge in [0.25, 0.3) is 0 Å². The molecule has 0 radical (unpaired) electrons. The van der Waals surface area contributed by atoms with Gasteiger partial charge in [-0.2, -0.15) is 0 Å². The van der Waals surface area contributed by atoms with Crippen LogP contribution in [0, 0.1) is 5.82 Å². The Hall–Kier alpha value is -1.67. The Balaban J connectivity index is 2.51. The third kappa shape index (κ3) is 7.27. The van der Waals surface area contributed by atoms with E-state index in [1.807, 2.05) is 13.8 Å². The molecule has 0 aliphatic heterocycles. The van der Waals surface area contributed by atoms with Crippen molar-refractivity contribution in [2.24, 2.45) is 4.99 Å². The lowest BCUT2D eigenvalue weighted by atomic mass is 10.2. The first-order chi connectivity index (χ1) is 11.4. The van der Waals surface area contributed by atoms with E-state index in [9.17, 15) is 12.8 Å². The number of halogens is 1. The first-order valence-electron chi connectivity index (χ1n) is 8.09. The first-order valence-corrected chi connectivity index (χ1v) is 9.94. The molecule has 1 aromatic carbocycles. The second-order valence-corrected chi connectivity index (χ2v) is 7.30. The SMILES string of the molecule is CCNC(=NCc1ccccc1F)NCCCN(CC)S(C)(=O)=O. The van der Waals surface area contributed by atoms with Gasteiger partial charge in [0.1, 0.15) is 5.82 Å². The molecular weight excluding hydrogens is 331 g/mol. The fraction of sp³-hybridized carbons (Fsp3) is 0.562. The monoisotopic (exact) mass is 358 g/mol. The topological polar surface area (TPSA) is 73.8 Å². The van der Waals surface area contributed by atoms with Crippen LogP contribution in [-0.4, -0.2) is 51.1 Å². The average molecular weight is 358 g/mol. The predicted octanol–water partition coefficient (Wildman–Crippen LogP) is 1.55. The second kappa shape index (κ2) is 10.2. The van der Waals surface area contributed by atoms with E-state index in [0.717, 1.165) is 0 Å². The van der Waals surface area contributed by atoms with E-state index < -0.39 is 10.0 Å². The van der Waals surface area contributed by atoms with Crippen molar-refractivity contribution in [3.05, 3.63) is 35.6 Å². The lowest BCUT2D eigenvalue weighted by Crippen LogP contribution is -2.39. The zero-order valence-electron chi connectivity index (χ0n) is 14.5. The summed E-state index contributed by atoms with van der Waals surface area (Å²) in [6, 6.07) is 6.54. The van der Waals surface area contributed by atoms with Gasteiger partial charge in [0.05, 0.1) is 12.8 Å². The fourth-order valence-electron chi connectivity index (χ4n) is 2.15. The maximum Gasteiger partial charge on any atom is 0.211 e. The number of guanidine groups is 1. The van der Waals surface area contributed by atoms with Gasteiger partial charge in [-0.25, -0.2) is 22.1 Å². The molecular formula is C16H27FN4O2S. The van der Waals surface area contributed by atoms with E-state index in [0.29, 0.717) is 44.1 Å². The highest BCUT2D eigenvalue weighted by molar-refractivity contribution is 7.88. The molecule has 0 aliphatic carbocycles. The van der Waals surface area contributed by atoms with Crippen molar-refractivity contribution in [3.8, 4) is 0 Å². The minimum absolute atomic E-state index is 0.242. The molecule has 24 heavy (non-hydrogen) atoms. The number of sulfonamides is 1. The Morgan fingerprint density at radius 3 is 2.54 bits per heavy atom. The Labute approximate surface area is 144 Å². The summed E-state index contributed by atoms with van der Waals surface area (Å²) >= 11 is 0. The Morgan fingerprint density at radius 2 is 1.96 bits per heavy atom. The van der Waals surface area contributed by atoms with Gasteiger partial charge in [0.15, 0.2) is 5.96 Å². The summed E-state index contributed by atoms with van der Waals surface area (Å²) in [5, 5.41) is 6.23. The van der Waals surface area contributed by atoms with E-state index in [2.05, 4.69) is 15.6 Å². The van der Waals surface area contributed by atoms with Gasteiger partial charge in [-0.3, -0.25) is 0 Å². The van der Waals surface area contributed by atoms with Crippen LogP contribution in [0.3, 0.4) is 0 Å². The summed E-state index contributed by atoms with van der Waals surface area (Å²) < 4.78 is 38.1. The number of nitrogens with one attached hydrogen (secondary N) is 2. The van der Waals surface area contributed by atoms with Gasteiger partial charge < -0.3 is 10.6 Å². The number of hydrogen-bond donors (Lipinski definition) is 2. The highest BCUT2D eigenvalue weighted by Crippen LogP contribution is 2.07. The van der Waals surface area contributed by atoms with Crippen LogP contribution in [0.2, 0.25) is 0 Å². The van der Waals surface area contributed by atoms with E-state index in [1.54, 1.807) is 18.2 Å². The molecule has 0 unspecified atom stereocenters. The number of benzene rings is 1. The molecule has 0 saturated heterocycles. The minimum Gasteiger partial charge on any atom is -0.357 e. The summed E-state index contributed by atoms with van der Waals surface area (Å²) in [6.45, 7) is 6.18. The van der Waals surface area contributed by atoms with Crippen molar-refractivity contribution in [3.63, 3.8) is 0 Å². The van der Waals surface area contributed by atoms with Crippen molar-refractivity contribution >= 4 is 16.0 Å². The molecule has 1 aromatic rings. The molecule has 0 saturated carbocycles. The second-order valence-electron chi connectivity index (χ2n) is 5.32. The highest BCUT2D eigenvalue weighted by Gasteiger charge is 2.13. The summed E-state index contributed by atoms with van der Waals surface area (Å²) in [5.74, 6) is 0.312. The molecule has 0 bridgehead atoms. The Kier molecular flexibility index (Phi) is 8.70. The van der Waals surface area contributed by atoms with Crippen molar-refractivity contribution in [2.45, 2.75) is 26.8 Å². The van der Waals surface area contributed by atoms with Crippen LogP contribution in [0.1, 0.15) is 25.8 Å². The molecule has 0 atom stereocenters. The van der Waals surface area contributed by atoms with Gasteiger partial charge in [-0.15, -0.1) is 0 Å². The number of nitrogens with zero attached hydrogens (tertiary/aromatic N) is 2. The van der Waals surface area contributed by atoms with Crippen molar-refractivity contribution in [2.75, 3.05) is 32.4 Å². The first kappa shape index (κ1) is 20.4. The van der Waals surface area contributed by atoms with Crippen LogP contribution in [0.25, 0.3) is 0 Å². The van der Waals surface area contributed by atoms with Crippen LogP contribution >= 0.6 is 0 Å². The lowest BCUT2D eigenvalue weighted by Gasteiger charge is -2.18. The standard InChI is InChI=1S/C16H27FN4O2S/c1-4-18-16(20-13-14-9-6-7-10-15(14)17)19-11-8-12-21(5-2)24(3,22)23/h6-7,9-10H,4-5,8,11-13H2,1-3H3,(H2,18,19,20). The highest BCUT2D eigenvalue weighted by atomic mass is 32.2. The van der Waals surface area contributed by atoms with Gasteiger partial charge in [0.2, 0.25) is 10.0 Å². The quantitative estimate of drug-likeness (QED) is 0.399. The van der Waals surface area contributed by atoms with Crippen molar-refractivity contribution in [1.29, 1.82) is 0 Å². The van der Waals surface area contributed by atoms with Gasteiger partial charge >= 0.3 is 0 Å². The molecule has 1 rings (SSSR count). The number of rotatable bonds is 9. The van der Waals surface area contributed by atoms with Gasteiger partial charge in [0, 0.05) is 31.7 Å². The van der Waals surface area contributed by atoms with Crippen molar-refractivity contribution in [1.82, 2.24) is 14.9 Å².